The van der Waals surface area contributed by atoms with Gasteiger partial charge in [-0.1, -0.05) is 26.0 Å². The highest BCUT2D eigenvalue weighted by Crippen LogP contribution is 2.29. The molecule has 4 nitrogen and oxygen atoms in total. The Labute approximate surface area is 149 Å². The van der Waals surface area contributed by atoms with Gasteiger partial charge < -0.3 is 14.2 Å². The number of thioether (sulfide) groups is 1. The van der Waals surface area contributed by atoms with Crippen molar-refractivity contribution >= 4 is 11.8 Å². The van der Waals surface area contributed by atoms with E-state index >= 15 is 0 Å². The van der Waals surface area contributed by atoms with Crippen molar-refractivity contribution in [3.8, 4) is 5.75 Å². The van der Waals surface area contributed by atoms with Crippen LogP contribution in [0.3, 0.4) is 0 Å². The first-order valence-corrected chi connectivity index (χ1v) is 9.79. The third-order valence-corrected chi connectivity index (χ3v) is 5.70. The molecule has 2 fully saturated rings. The number of nitrogens with zero attached hydrogens (tertiary/aromatic N) is 1. The van der Waals surface area contributed by atoms with Crippen LogP contribution in [0.1, 0.15) is 30.5 Å². The van der Waals surface area contributed by atoms with E-state index in [1.54, 1.807) is 0 Å². The molecule has 1 aromatic rings. The summed E-state index contributed by atoms with van der Waals surface area (Å²) >= 11 is 2.10. The van der Waals surface area contributed by atoms with Gasteiger partial charge in [-0.2, -0.15) is 11.8 Å². The average molecular weight is 352 g/mol. The van der Waals surface area contributed by atoms with Crippen LogP contribution in [0, 0.1) is 13.8 Å². The second kappa shape index (κ2) is 8.09. The van der Waals surface area contributed by atoms with Crippen LogP contribution < -0.4 is 4.74 Å². The molecule has 0 aromatic heterocycles. The largest absolute Gasteiger partial charge is 0.488 e. The van der Waals surface area contributed by atoms with Crippen molar-refractivity contribution in [3.63, 3.8) is 0 Å². The molecule has 2 atom stereocenters. The molecule has 0 spiro atoms. The topological polar surface area (TPSA) is 30.9 Å². The van der Waals surface area contributed by atoms with Gasteiger partial charge in [0.2, 0.25) is 0 Å². The highest BCUT2D eigenvalue weighted by atomic mass is 32.2. The maximum atomic E-state index is 5.96. The lowest BCUT2D eigenvalue weighted by Gasteiger charge is -2.34. The van der Waals surface area contributed by atoms with Crippen molar-refractivity contribution in [2.24, 2.45) is 0 Å². The minimum absolute atomic E-state index is 0.225. The molecule has 24 heavy (non-hydrogen) atoms. The van der Waals surface area contributed by atoms with Crippen molar-refractivity contribution in [1.29, 1.82) is 0 Å². The van der Waals surface area contributed by atoms with E-state index in [-0.39, 0.29) is 6.29 Å². The van der Waals surface area contributed by atoms with Crippen molar-refractivity contribution in [3.05, 3.63) is 28.8 Å². The van der Waals surface area contributed by atoms with Gasteiger partial charge in [0.1, 0.15) is 12.4 Å². The highest BCUT2D eigenvalue weighted by molar-refractivity contribution is 8.00. The number of ether oxygens (including phenoxy) is 3. The molecule has 2 aliphatic rings. The third-order valence-electron chi connectivity index (χ3n) is 4.48. The van der Waals surface area contributed by atoms with Crippen LogP contribution in [0.2, 0.25) is 0 Å². The summed E-state index contributed by atoms with van der Waals surface area (Å²) in [7, 11) is 0. The van der Waals surface area contributed by atoms with Gasteiger partial charge in [0.05, 0.1) is 13.2 Å². The minimum atomic E-state index is -0.225. The molecule has 2 saturated heterocycles. The Morgan fingerprint density at radius 3 is 2.25 bits per heavy atom. The van der Waals surface area contributed by atoms with Gasteiger partial charge in [-0.25, -0.2) is 0 Å². The summed E-state index contributed by atoms with van der Waals surface area (Å²) < 4.78 is 16.8. The first-order valence-electron chi connectivity index (χ1n) is 8.85. The summed E-state index contributed by atoms with van der Waals surface area (Å²) in [6.45, 7) is 14.0. The quantitative estimate of drug-likeness (QED) is 0.812. The molecular formula is C19H29NO3S. The monoisotopic (exact) mass is 351 g/mol. The predicted molar refractivity (Wildman–Crippen MR) is 98.9 cm³/mol. The van der Waals surface area contributed by atoms with E-state index in [0.717, 1.165) is 12.3 Å². The molecule has 1 aromatic carbocycles. The molecule has 0 bridgehead atoms. The fourth-order valence-corrected chi connectivity index (χ4v) is 5.07. The van der Waals surface area contributed by atoms with E-state index in [0.29, 0.717) is 30.3 Å². The second-order valence-corrected chi connectivity index (χ2v) is 8.87. The van der Waals surface area contributed by atoms with E-state index < -0.39 is 0 Å². The number of hydrogen-bond donors (Lipinski definition) is 0. The fourth-order valence-electron chi connectivity index (χ4n) is 3.69. The Kier molecular flexibility index (Phi) is 6.08. The van der Waals surface area contributed by atoms with Gasteiger partial charge in [0, 0.05) is 30.1 Å². The smallest absolute Gasteiger partial charge is 0.191 e. The van der Waals surface area contributed by atoms with Crippen LogP contribution in [0.15, 0.2) is 12.1 Å². The summed E-state index contributed by atoms with van der Waals surface area (Å²) in [5.74, 6) is 0.966. The summed E-state index contributed by atoms with van der Waals surface area (Å²) in [5.41, 5.74) is 3.75. The summed E-state index contributed by atoms with van der Waals surface area (Å²) in [6, 6.07) is 4.52. The summed E-state index contributed by atoms with van der Waals surface area (Å²) in [4.78, 5) is 2.57. The average Bonchev–Trinajstić information content (AvgIpc) is 2.98. The van der Waals surface area contributed by atoms with E-state index in [2.05, 4.69) is 56.5 Å². The van der Waals surface area contributed by atoms with Crippen LogP contribution in [0.25, 0.3) is 0 Å². The molecule has 0 amide bonds. The molecule has 0 saturated carbocycles. The number of benzene rings is 1. The lowest BCUT2D eigenvalue weighted by atomic mass is 10.0. The molecule has 1 unspecified atom stereocenters. The first kappa shape index (κ1) is 18.1. The van der Waals surface area contributed by atoms with Gasteiger partial charge >= 0.3 is 0 Å². The van der Waals surface area contributed by atoms with Gasteiger partial charge in [-0.15, -0.1) is 0 Å². The lowest BCUT2D eigenvalue weighted by molar-refractivity contribution is -0.0686. The van der Waals surface area contributed by atoms with Gasteiger partial charge in [0.25, 0.3) is 0 Å². The van der Waals surface area contributed by atoms with Crippen LogP contribution in [0.5, 0.6) is 5.75 Å². The minimum Gasteiger partial charge on any atom is -0.488 e. The van der Waals surface area contributed by atoms with Crippen LogP contribution in [-0.4, -0.2) is 54.6 Å². The lowest BCUT2D eigenvalue weighted by Crippen LogP contribution is -2.39. The Bertz CT molecular complexity index is 527. The van der Waals surface area contributed by atoms with Crippen molar-refractivity contribution in [2.75, 3.05) is 32.9 Å². The molecule has 5 heteroatoms. The SMILES string of the molecule is Cc1cc(CN2CC(C)S[C@@H](C)C2)cc(C)c1OCC1OCCO1. The zero-order chi connectivity index (χ0) is 17.1. The molecule has 2 heterocycles. The number of rotatable bonds is 5. The maximum Gasteiger partial charge on any atom is 0.191 e. The highest BCUT2D eigenvalue weighted by Gasteiger charge is 2.23. The van der Waals surface area contributed by atoms with Crippen LogP contribution in [0.4, 0.5) is 0 Å². The first-order chi connectivity index (χ1) is 11.5. The molecular weight excluding hydrogens is 322 g/mol. The standard InChI is InChI=1S/C19H29NO3S/c1-13-7-17(11-20-9-15(3)24-16(4)10-20)8-14(2)19(13)23-12-18-21-5-6-22-18/h7-8,15-16,18H,5-6,9-12H2,1-4H3/t15-,16?/m0/s1. The molecule has 3 rings (SSSR count). The molecule has 134 valence electrons. The normalized spacial score (nSPS) is 26.0. The molecule has 2 aliphatic heterocycles. The summed E-state index contributed by atoms with van der Waals surface area (Å²) in [5, 5.41) is 1.43. The van der Waals surface area contributed by atoms with Crippen molar-refractivity contribution < 1.29 is 14.2 Å². The van der Waals surface area contributed by atoms with Crippen LogP contribution >= 0.6 is 11.8 Å². The van der Waals surface area contributed by atoms with Crippen molar-refractivity contribution in [2.45, 2.75) is 51.0 Å². The third kappa shape index (κ3) is 4.66. The summed E-state index contributed by atoms with van der Waals surface area (Å²) in [6.07, 6.45) is -0.225. The fraction of sp³-hybridized carbons (Fsp3) is 0.684. The molecule has 0 N–H and O–H groups in total. The number of hydrogen-bond acceptors (Lipinski definition) is 5. The Morgan fingerprint density at radius 1 is 1.08 bits per heavy atom. The predicted octanol–water partition coefficient (Wildman–Crippen LogP) is 3.38. The van der Waals surface area contributed by atoms with E-state index in [1.807, 2.05) is 0 Å². The zero-order valence-corrected chi connectivity index (χ0v) is 16.0. The van der Waals surface area contributed by atoms with Gasteiger partial charge in [0.15, 0.2) is 6.29 Å². The Hall–Kier alpha value is -0.750. The van der Waals surface area contributed by atoms with Gasteiger partial charge in [-0.05, 0) is 30.5 Å². The Morgan fingerprint density at radius 2 is 1.67 bits per heavy atom. The van der Waals surface area contributed by atoms with E-state index in [1.165, 1.54) is 29.8 Å². The van der Waals surface area contributed by atoms with Crippen LogP contribution in [-0.2, 0) is 16.0 Å². The van der Waals surface area contributed by atoms with Gasteiger partial charge in [-0.3, -0.25) is 4.90 Å². The molecule has 0 aliphatic carbocycles. The zero-order valence-electron chi connectivity index (χ0n) is 15.2. The van der Waals surface area contributed by atoms with E-state index in [9.17, 15) is 0 Å². The van der Waals surface area contributed by atoms with Crippen molar-refractivity contribution in [1.82, 2.24) is 4.90 Å². The number of aryl methyl sites for hydroxylation is 2. The van der Waals surface area contributed by atoms with E-state index in [4.69, 9.17) is 14.2 Å². The Balaban J connectivity index is 1.63. The second-order valence-electron chi connectivity index (χ2n) is 6.99. The molecule has 0 radical (unpaired) electrons. The maximum absolute atomic E-state index is 5.96.